The number of amides is 2. The summed E-state index contributed by atoms with van der Waals surface area (Å²) in [7, 11) is -3.48. The summed E-state index contributed by atoms with van der Waals surface area (Å²) < 4.78 is 26.7. The molecule has 138 valence electrons. The van der Waals surface area contributed by atoms with Gasteiger partial charge in [-0.25, -0.2) is 8.42 Å². The molecule has 0 radical (unpaired) electrons. The topological polar surface area (TPSA) is 95.6 Å². The summed E-state index contributed by atoms with van der Waals surface area (Å²) in [5.41, 5.74) is 5.27. The van der Waals surface area contributed by atoms with E-state index in [0.29, 0.717) is 22.6 Å². The minimum absolute atomic E-state index is 0.283. The monoisotopic (exact) mass is 393 g/mol. The van der Waals surface area contributed by atoms with E-state index in [2.05, 4.69) is 10.9 Å². The van der Waals surface area contributed by atoms with E-state index in [-0.39, 0.29) is 24.9 Å². The first-order chi connectivity index (χ1) is 12.5. The van der Waals surface area contributed by atoms with E-state index in [9.17, 15) is 18.0 Å². The third-order valence-corrected chi connectivity index (χ3v) is 7.52. The van der Waals surface area contributed by atoms with Crippen LogP contribution in [0.3, 0.4) is 0 Å². The summed E-state index contributed by atoms with van der Waals surface area (Å²) in [5.74, 6) is -1.03. The van der Waals surface area contributed by atoms with Crippen LogP contribution in [0.1, 0.15) is 23.2 Å². The molecule has 9 heteroatoms. The Morgan fingerprint density at radius 2 is 1.69 bits per heavy atom. The number of carbonyl (C=O) groups is 2. The Labute approximate surface area is 156 Å². The van der Waals surface area contributed by atoms with Gasteiger partial charge in [-0.15, -0.1) is 11.3 Å². The van der Waals surface area contributed by atoms with Crippen LogP contribution in [0.4, 0.5) is 0 Å². The van der Waals surface area contributed by atoms with Gasteiger partial charge in [-0.2, -0.15) is 4.31 Å². The number of nitrogens with one attached hydrogen (secondary N) is 2. The molecule has 0 aliphatic carbocycles. The van der Waals surface area contributed by atoms with Crippen molar-refractivity contribution in [3.8, 4) is 0 Å². The SMILES string of the molecule is O=C(NNC(=O)C1CCN(S(=O)(=O)c2cccs2)CC1)c1ccccc1. The summed E-state index contributed by atoms with van der Waals surface area (Å²) >= 11 is 1.18. The summed E-state index contributed by atoms with van der Waals surface area (Å²) in [6.45, 7) is 0.565. The first-order valence-electron chi connectivity index (χ1n) is 8.17. The molecular weight excluding hydrogens is 374 g/mol. The number of piperidine rings is 1. The molecule has 0 spiro atoms. The average Bonchev–Trinajstić information content (AvgIpc) is 3.22. The number of carbonyl (C=O) groups excluding carboxylic acids is 2. The Morgan fingerprint density at radius 1 is 1.00 bits per heavy atom. The fraction of sp³-hybridized carbons (Fsp3) is 0.294. The fourth-order valence-corrected chi connectivity index (χ4v) is 5.39. The fourth-order valence-electron chi connectivity index (χ4n) is 2.78. The molecule has 0 unspecified atom stereocenters. The predicted molar refractivity (Wildman–Crippen MR) is 97.9 cm³/mol. The van der Waals surface area contributed by atoms with Crippen LogP contribution in [-0.4, -0.2) is 37.6 Å². The van der Waals surface area contributed by atoms with Crippen LogP contribution in [0.25, 0.3) is 0 Å². The van der Waals surface area contributed by atoms with Crippen LogP contribution >= 0.6 is 11.3 Å². The summed E-state index contributed by atoms with van der Waals surface area (Å²) in [6, 6.07) is 11.9. The molecule has 7 nitrogen and oxygen atoms in total. The van der Waals surface area contributed by atoms with E-state index >= 15 is 0 Å². The zero-order valence-electron chi connectivity index (χ0n) is 13.9. The van der Waals surface area contributed by atoms with Crippen LogP contribution in [0.5, 0.6) is 0 Å². The van der Waals surface area contributed by atoms with Crippen molar-refractivity contribution < 1.29 is 18.0 Å². The largest absolute Gasteiger partial charge is 0.273 e. The average molecular weight is 393 g/mol. The minimum Gasteiger partial charge on any atom is -0.273 e. The smallest absolute Gasteiger partial charge is 0.269 e. The van der Waals surface area contributed by atoms with Crippen molar-refractivity contribution in [3.63, 3.8) is 0 Å². The molecular formula is C17H19N3O4S2. The Hall–Kier alpha value is -2.23. The molecule has 2 aromatic rings. The summed E-state index contributed by atoms with van der Waals surface area (Å²) in [6.07, 6.45) is 0.829. The standard InChI is InChI=1S/C17H19N3O4S2/c21-16(13-5-2-1-3-6-13)18-19-17(22)14-8-10-20(11-9-14)26(23,24)15-7-4-12-25-15/h1-7,12,14H,8-11H2,(H,18,21)(H,19,22). The van der Waals surface area contributed by atoms with Crippen LogP contribution < -0.4 is 10.9 Å². The molecule has 1 aromatic heterocycles. The van der Waals surface area contributed by atoms with Crippen molar-refractivity contribution in [2.75, 3.05) is 13.1 Å². The molecule has 1 aromatic carbocycles. The van der Waals surface area contributed by atoms with E-state index in [0.717, 1.165) is 0 Å². The van der Waals surface area contributed by atoms with Gasteiger partial charge >= 0.3 is 0 Å². The Bertz CT molecular complexity index is 859. The first kappa shape index (κ1) is 18.6. The van der Waals surface area contributed by atoms with Gasteiger partial charge in [-0.1, -0.05) is 24.3 Å². The van der Waals surface area contributed by atoms with Crippen molar-refractivity contribution in [3.05, 3.63) is 53.4 Å². The highest BCUT2D eigenvalue weighted by atomic mass is 32.2. The molecule has 2 heterocycles. The van der Waals surface area contributed by atoms with Crippen LogP contribution in [-0.2, 0) is 14.8 Å². The van der Waals surface area contributed by atoms with E-state index in [1.807, 2.05) is 0 Å². The van der Waals surface area contributed by atoms with Crippen LogP contribution in [0.15, 0.2) is 52.1 Å². The van der Waals surface area contributed by atoms with E-state index in [1.54, 1.807) is 47.8 Å². The Morgan fingerprint density at radius 3 is 2.31 bits per heavy atom. The van der Waals surface area contributed by atoms with E-state index < -0.39 is 15.9 Å². The lowest BCUT2D eigenvalue weighted by Crippen LogP contribution is -2.48. The van der Waals surface area contributed by atoms with Crippen molar-refractivity contribution in [1.29, 1.82) is 0 Å². The lowest BCUT2D eigenvalue weighted by Gasteiger charge is -2.30. The highest BCUT2D eigenvalue weighted by molar-refractivity contribution is 7.91. The van der Waals surface area contributed by atoms with Crippen LogP contribution in [0.2, 0.25) is 0 Å². The lowest BCUT2D eigenvalue weighted by atomic mass is 9.98. The molecule has 1 aliphatic heterocycles. The van der Waals surface area contributed by atoms with Crippen molar-refractivity contribution >= 4 is 33.2 Å². The van der Waals surface area contributed by atoms with Crippen molar-refractivity contribution in [1.82, 2.24) is 15.2 Å². The molecule has 0 bridgehead atoms. The molecule has 1 saturated heterocycles. The number of thiophene rings is 1. The van der Waals surface area contributed by atoms with Gasteiger partial charge in [0, 0.05) is 24.6 Å². The minimum atomic E-state index is -3.48. The second-order valence-electron chi connectivity index (χ2n) is 5.92. The quantitative estimate of drug-likeness (QED) is 0.772. The normalized spacial score (nSPS) is 16.2. The second kappa shape index (κ2) is 7.98. The maximum absolute atomic E-state index is 12.5. The van der Waals surface area contributed by atoms with Gasteiger partial charge < -0.3 is 0 Å². The van der Waals surface area contributed by atoms with Crippen molar-refractivity contribution in [2.45, 2.75) is 17.1 Å². The zero-order chi connectivity index (χ0) is 18.6. The summed E-state index contributed by atoms with van der Waals surface area (Å²) in [4.78, 5) is 24.2. The predicted octanol–water partition coefficient (Wildman–Crippen LogP) is 1.61. The van der Waals surface area contributed by atoms with Gasteiger partial charge in [0.2, 0.25) is 5.91 Å². The van der Waals surface area contributed by atoms with Crippen LogP contribution in [0, 0.1) is 5.92 Å². The number of benzene rings is 1. The number of hydrazine groups is 1. The number of rotatable bonds is 4. The van der Waals surface area contributed by atoms with Gasteiger partial charge in [0.05, 0.1) is 0 Å². The third-order valence-electron chi connectivity index (χ3n) is 4.25. The second-order valence-corrected chi connectivity index (χ2v) is 9.03. The van der Waals surface area contributed by atoms with Gasteiger partial charge in [-0.05, 0) is 36.4 Å². The third kappa shape index (κ3) is 4.12. The van der Waals surface area contributed by atoms with Gasteiger partial charge in [0.15, 0.2) is 0 Å². The maximum Gasteiger partial charge on any atom is 0.269 e. The molecule has 2 amide bonds. The number of hydrogen-bond donors (Lipinski definition) is 2. The Balaban J connectivity index is 1.50. The molecule has 2 N–H and O–H groups in total. The zero-order valence-corrected chi connectivity index (χ0v) is 15.6. The van der Waals surface area contributed by atoms with E-state index in [1.165, 1.54) is 15.6 Å². The van der Waals surface area contributed by atoms with Crippen molar-refractivity contribution in [2.24, 2.45) is 5.92 Å². The molecule has 0 atom stereocenters. The highest BCUT2D eigenvalue weighted by Gasteiger charge is 2.32. The first-order valence-corrected chi connectivity index (χ1v) is 10.5. The molecule has 26 heavy (non-hydrogen) atoms. The maximum atomic E-state index is 12.5. The number of sulfonamides is 1. The molecule has 1 aliphatic rings. The number of hydrogen-bond acceptors (Lipinski definition) is 5. The Kier molecular flexibility index (Phi) is 5.70. The van der Waals surface area contributed by atoms with Gasteiger partial charge in [-0.3, -0.25) is 20.4 Å². The summed E-state index contributed by atoms with van der Waals surface area (Å²) in [5, 5.41) is 1.72. The van der Waals surface area contributed by atoms with Gasteiger partial charge in [0.1, 0.15) is 4.21 Å². The van der Waals surface area contributed by atoms with Gasteiger partial charge in [0.25, 0.3) is 15.9 Å². The number of nitrogens with zero attached hydrogens (tertiary/aromatic N) is 1. The molecule has 1 fully saturated rings. The molecule has 3 rings (SSSR count). The molecule has 0 saturated carbocycles. The van der Waals surface area contributed by atoms with E-state index in [4.69, 9.17) is 0 Å². The highest BCUT2D eigenvalue weighted by Crippen LogP contribution is 2.26. The lowest BCUT2D eigenvalue weighted by molar-refractivity contribution is -0.126.